The maximum Gasteiger partial charge on any atom is 0.191 e. The van der Waals surface area contributed by atoms with E-state index >= 15 is 0 Å². The van der Waals surface area contributed by atoms with E-state index < -0.39 is 0 Å². The number of aliphatic imine (C=N–C) groups is 1. The molecule has 0 spiro atoms. The molecule has 5 heteroatoms. The van der Waals surface area contributed by atoms with Crippen LogP contribution in [0.15, 0.2) is 29.3 Å². The summed E-state index contributed by atoms with van der Waals surface area (Å²) in [6.07, 6.45) is 3.76. The van der Waals surface area contributed by atoms with E-state index in [1.54, 1.807) is 0 Å². The Bertz CT molecular complexity index is 496. The molecule has 21 heavy (non-hydrogen) atoms. The van der Waals surface area contributed by atoms with Crippen LogP contribution in [0.1, 0.15) is 24.8 Å². The van der Waals surface area contributed by atoms with Crippen molar-refractivity contribution in [2.45, 2.75) is 31.8 Å². The van der Waals surface area contributed by atoms with Crippen molar-refractivity contribution in [3.63, 3.8) is 0 Å². The Morgan fingerprint density at radius 2 is 1.95 bits per heavy atom. The minimum atomic E-state index is 0.545. The number of likely N-dealkylation sites (tertiary alicyclic amines) is 2. The highest BCUT2D eigenvalue weighted by atomic mass is 127. The monoisotopic (exact) mass is 398 g/mol. The quantitative estimate of drug-likeness (QED) is 0.481. The van der Waals surface area contributed by atoms with Gasteiger partial charge < -0.3 is 10.6 Å². The Hall–Kier alpha value is -0.820. The number of rotatable bonds is 4. The number of nitrogens with zero attached hydrogens (tertiary/aromatic N) is 3. The van der Waals surface area contributed by atoms with Gasteiger partial charge in [0.25, 0.3) is 0 Å². The molecule has 1 atom stereocenters. The molecule has 0 saturated carbocycles. The Morgan fingerprint density at radius 1 is 1.19 bits per heavy atom. The van der Waals surface area contributed by atoms with Crippen molar-refractivity contribution in [3.8, 4) is 0 Å². The summed E-state index contributed by atoms with van der Waals surface area (Å²) in [6, 6.07) is 9.37. The van der Waals surface area contributed by atoms with Gasteiger partial charge in [-0.2, -0.15) is 0 Å². The highest BCUT2D eigenvalue weighted by Gasteiger charge is 2.24. The van der Waals surface area contributed by atoms with Crippen molar-refractivity contribution in [2.24, 2.45) is 10.7 Å². The third-order valence-electron chi connectivity index (χ3n) is 4.44. The summed E-state index contributed by atoms with van der Waals surface area (Å²) in [5.74, 6) is 0.738. The van der Waals surface area contributed by atoms with Crippen LogP contribution in [-0.4, -0.2) is 48.0 Å². The molecule has 0 aliphatic carbocycles. The van der Waals surface area contributed by atoms with Crippen LogP contribution >= 0.6 is 22.6 Å². The number of benzene rings is 1. The summed E-state index contributed by atoms with van der Waals surface area (Å²) in [5.41, 5.74) is 7.42. The highest BCUT2D eigenvalue weighted by molar-refractivity contribution is 14.1. The van der Waals surface area contributed by atoms with Crippen LogP contribution in [0.3, 0.4) is 0 Å². The third kappa shape index (κ3) is 3.88. The lowest BCUT2D eigenvalue weighted by Crippen LogP contribution is -2.47. The second kappa shape index (κ2) is 6.96. The second-order valence-electron chi connectivity index (χ2n) is 5.93. The zero-order chi connectivity index (χ0) is 14.7. The molecule has 2 aliphatic rings. The summed E-state index contributed by atoms with van der Waals surface area (Å²) in [5, 5.41) is 0. The van der Waals surface area contributed by atoms with Gasteiger partial charge in [-0.3, -0.25) is 9.89 Å². The van der Waals surface area contributed by atoms with Gasteiger partial charge in [-0.15, -0.1) is 0 Å². The van der Waals surface area contributed by atoms with Gasteiger partial charge in [0.1, 0.15) is 0 Å². The second-order valence-corrected chi connectivity index (χ2v) is 7.18. The largest absolute Gasteiger partial charge is 0.370 e. The van der Waals surface area contributed by atoms with Crippen LogP contribution in [0, 0.1) is 3.57 Å². The Labute approximate surface area is 140 Å². The molecule has 2 heterocycles. The fourth-order valence-electron chi connectivity index (χ4n) is 2.98. The molecule has 2 N–H and O–H groups in total. The SMILES string of the molecule is NC(=NCC1CCCN1Cc1ccc(I)cc1)N1CCC1. The first-order chi connectivity index (χ1) is 10.2. The van der Waals surface area contributed by atoms with E-state index in [4.69, 9.17) is 5.73 Å². The average Bonchev–Trinajstić information content (AvgIpc) is 2.84. The number of hydrogen-bond acceptors (Lipinski definition) is 2. The van der Waals surface area contributed by atoms with Crippen LogP contribution in [-0.2, 0) is 6.54 Å². The molecule has 0 radical (unpaired) electrons. The zero-order valence-corrected chi connectivity index (χ0v) is 14.5. The number of hydrogen-bond donors (Lipinski definition) is 1. The van der Waals surface area contributed by atoms with E-state index in [1.807, 2.05) is 0 Å². The molecule has 0 aromatic heterocycles. The fourth-order valence-corrected chi connectivity index (χ4v) is 3.34. The lowest BCUT2D eigenvalue weighted by Gasteiger charge is -2.32. The van der Waals surface area contributed by atoms with Crippen molar-refractivity contribution < 1.29 is 0 Å². The van der Waals surface area contributed by atoms with E-state index in [9.17, 15) is 0 Å². The average molecular weight is 398 g/mol. The minimum Gasteiger partial charge on any atom is -0.370 e. The third-order valence-corrected chi connectivity index (χ3v) is 5.16. The molecule has 3 rings (SSSR count). The van der Waals surface area contributed by atoms with E-state index in [0.29, 0.717) is 6.04 Å². The Morgan fingerprint density at radius 3 is 2.62 bits per heavy atom. The van der Waals surface area contributed by atoms with Crippen molar-refractivity contribution in [1.82, 2.24) is 9.80 Å². The molecule has 114 valence electrons. The first-order valence-corrected chi connectivity index (χ1v) is 8.83. The number of halogens is 1. The lowest BCUT2D eigenvalue weighted by molar-refractivity contribution is 0.248. The maximum atomic E-state index is 6.03. The van der Waals surface area contributed by atoms with Crippen molar-refractivity contribution in [2.75, 3.05) is 26.2 Å². The van der Waals surface area contributed by atoms with Gasteiger partial charge in [-0.25, -0.2) is 0 Å². The molecule has 2 aliphatic heterocycles. The van der Waals surface area contributed by atoms with Crippen molar-refractivity contribution >= 4 is 28.6 Å². The van der Waals surface area contributed by atoms with E-state index in [1.165, 1.54) is 34.9 Å². The predicted octanol–water partition coefficient (Wildman–Crippen LogP) is 2.28. The molecule has 4 nitrogen and oxygen atoms in total. The first kappa shape index (κ1) is 15.1. The van der Waals surface area contributed by atoms with Gasteiger partial charge in [-0.05, 0) is 66.1 Å². The summed E-state index contributed by atoms with van der Waals surface area (Å²) >= 11 is 2.35. The van der Waals surface area contributed by atoms with Gasteiger partial charge >= 0.3 is 0 Å². The van der Waals surface area contributed by atoms with E-state index in [-0.39, 0.29) is 0 Å². The Kier molecular flexibility index (Phi) is 5.00. The Balaban J connectivity index is 1.56. The van der Waals surface area contributed by atoms with Crippen molar-refractivity contribution in [3.05, 3.63) is 33.4 Å². The normalized spacial score (nSPS) is 23.4. The molecular formula is C16H23IN4. The van der Waals surface area contributed by atoms with Gasteiger partial charge in [-0.1, -0.05) is 12.1 Å². The van der Waals surface area contributed by atoms with Gasteiger partial charge in [0, 0.05) is 29.2 Å². The van der Waals surface area contributed by atoms with E-state index in [2.05, 4.69) is 61.6 Å². The number of guanidine groups is 1. The smallest absolute Gasteiger partial charge is 0.191 e. The topological polar surface area (TPSA) is 44.9 Å². The molecule has 0 bridgehead atoms. The van der Waals surface area contributed by atoms with Gasteiger partial charge in [0.2, 0.25) is 0 Å². The molecule has 1 unspecified atom stereocenters. The molecule has 2 saturated heterocycles. The van der Waals surface area contributed by atoms with Crippen LogP contribution in [0.25, 0.3) is 0 Å². The molecule has 2 fully saturated rings. The molecule has 1 aromatic carbocycles. The van der Waals surface area contributed by atoms with Crippen LogP contribution in [0.2, 0.25) is 0 Å². The van der Waals surface area contributed by atoms with Crippen LogP contribution in [0.4, 0.5) is 0 Å². The molecule has 0 amide bonds. The van der Waals surface area contributed by atoms with E-state index in [0.717, 1.165) is 32.1 Å². The maximum absolute atomic E-state index is 6.03. The summed E-state index contributed by atoms with van der Waals surface area (Å²) in [7, 11) is 0. The lowest BCUT2D eigenvalue weighted by atomic mass is 10.2. The van der Waals surface area contributed by atoms with Crippen molar-refractivity contribution in [1.29, 1.82) is 0 Å². The van der Waals surface area contributed by atoms with Crippen LogP contribution < -0.4 is 5.73 Å². The summed E-state index contributed by atoms with van der Waals surface area (Å²) in [6.45, 7) is 5.20. The zero-order valence-electron chi connectivity index (χ0n) is 12.3. The number of nitrogens with two attached hydrogens (primary N) is 1. The molecular weight excluding hydrogens is 375 g/mol. The minimum absolute atomic E-state index is 0.545. The van der Waals surface area contributed by atoms with Gasteiger partial charge in [0.15, 0.2) is 5.96 Å². The first-order valence-electron chi connectivity index (χ1n) is 7.76. The fraction of sp³-hybridized carbons (Fsp3) is 0.562. The molecule has 1 aromatic rings. The summed E-state index contributed by atoms with van der Waals surface area (Å²) in [4.78, 5) is 9.33. The summed E-state index contributed by atoms with van der Waals surface area (Å²) < 4.78 is 1.29. The highest BCUT2D eigenvalue weighted by Crippen LogP contribution is 2.21. The standard InChI is InChI=1S/C16H23IN4/c17-14-6-4-13(5-7-14)12-21-8-1-3-15(21)11-19-16(18)20-9-2-10-20/h4-7,15H,1-3,8-12H2,(H2,18,19). The van der Waals surface area contributed by atoms with Gasteiger partial charge in [0.05, 0.1) is 6.54 Å². The van der Waals surface area contributed by atoms with Crippen LogP contribution in [0.5, 0.6) is 0 Å². The predicted molar refractivity (Wildman–Crippen MR) is 95.3 cm³/mol.